The van der Waals surface area contributed by atoms with E-state index in [-0.39, 0.29) is 29.0 Å². The molecule has 0 saturated heterocycles. The van der Waals surface area contributed by atoms with E-state index in [1.165, 1.54) is 6.07 Å². The Balaban J connectivity index is 1.88. The van der Waals surface area contributed by atoms with E-state index in [4.69, 9.17) is 11.1 Å². The molecule has 1 saturated carbocycles. The number of primary amides is 1. The Morgan fingerprint density at radius 2 is 2.08 bits per heavy atom. The second-order valence-corrected chi connectivity index (χ2v) is 7.10. The van der Waals surface area contributed by atoms with Gasteiger partial charge in [-0.25, -0.2) is 0 Å². The van der Waals surface area contributed by atoms with E-state index < -0.39 is 5.91 Å². The van der Waals surface area contributed by atoms with Crippen molar-refractivity contribution in [2.75, 3.05) is 5.32 Å². The van der Waals surface area contributed by atoms with Crippen LogP contribution in [0.4, 0.5) is 5.69 Å². The summed E-state index contributed by atoms with van der Waals surface area (Å²) in [4.78, 5) is 26.5. The van der Waals surface area contributed by atoms with Crippen molar-refractivity contribution in [3.8, 4) is 0 Å². The smallest absolute Gasteiger partial charge is 0.259 e. The van der Waals surface area contributed by atoms with Crippen LogP contribution < -0.4 is 16.6 Å². The third-order valence-corrected chi connectivity index (χ3v) is 5.34. The Labute approximate surface area is 148 Å². The Kier molecular flexibility index (Phi) is 5.00. The molecular formula is C17H20N4O3S. The zero-order valence-corrected chi connectivity index (χ0v) is 14.4. The van der Waals surface area contributed by atoms with E-state index in [9.17, 15) is 14.7 Å². The molecule has 0 aromatic carbocycles. The number of carbonyl (C=O) groups is 1. The molecular weight excluding hydrogens is 340 g/mol. The number of anilines is 1. The number of nitrogens with two attached hydrogens (primary N) is 1. The molecule has 0 atom stereocenters. The molecule has 0 aliphatic heterocycles. The maximum Gasteiger partial charge on any atom is 0.259 e. The summed E-state index contributed by atoms with van der Waals surface area (Å²) >= 11 is 1.15. The highest BCUT2D eigenvalue weighted by Crippen LogP contribution is 2.25. The number of pyridine rings is 1. The van der Waals surface area contributed by atoms with Gasteiger partial charge in [-0.15, -0.1) is 11.3 Å². The van der Waals surface area contributed by atoms with E-state index in [0.29, 0.717) is 16.1 Å². The van der Waals surface area contributed by atoms with Gasteiger partial charge in [-0.05, 0) is 37.8 Å². The van der Waals surface area contributed by atoms with Crippen molar-refractivity contribution in [3.63, 3.8) is 0 Å². The fourth-order valence-corrected chi connectivity index (χ4v) is 3.78. The van der Waals surface area contributed by atoms with Crippen molar-refractivity contribution < 1.29 is 9.90 Å². The fraction of sp³-hybridized carbons (Fsp3) is 0.353. The van der Waals surface area contributed by atoms with E-state index in [1.807, 2.05) is 0 Å². The summed E-state index contributed by atoms with van der Waals surface area (Å²) in [5, 5.41) is 23.0. The Hall–Kier alpha value is -2.45. The number of aromatic nitrogens is 1. The third kappa shape index (κ3) is 3.80. The number of rotatable bonds is 5. The van der Waals surface area contributed by atoms with Crippen molar-refractivity contribution in [1.82, 2.24) is 4.98 Å². The molecule has 1 aliphatic carbocycles. The number of nitrogens with one attached hydrogen (secondary N) is 3. The highest BCUT2D eigenvalue weighted by atomic mass is 32.1. The quantitative estimate of drug-likeness (QED) is 0.519. The van der Waals surface area contributed by atoms with Crippen LogP contribution in [-0.4, -0.2) is 33.9 Å². The van der Waals surface area contributed by atoms with Crippen LogP contribution in [0.5, 0.6) is 0 Å². The van der Waals surface area contributed by atoms with Gasteiger partial charge in [0.25, 0.3) is 11.5 Å². The molecule has 0 radical (unpaired) electrons. The van der Waals surface area contributed by atoms with Gasteiger partial charge in [-0.1, -0.05) is 0 Å². The lowest BCUT2D eigenvalue weighted by atomic mass is 9.92. The van der Waals surface area contributed by atoms with E-state index in [0.717, 1.165) is 37.0 Å². The van der Waals surface area contributed by atoms with Gasteiger partial charge in [0.1, 0.15) is 0 Å². The molecule has 0 spiro atoms. The van der Waals surface area contributed by atoms with E-state index in [1.54, 1.807) is 17.6 Å². The number of aliphatic hydroxyl groups is 1. The predicted molar refractivity (Wildman–Crippen MR) is 97.7 cm³/mol. The van der Waals surface area contributed by atoms with Gasteiger partial charge in [0.05, 0.1) is 27.9 Å². The predicted octanol–water partition coefficient (Wildman–Crippen LogP) is 1.67. The van der Waals surface area contributed by atoms with Crippen LogP contribution in [0.25, 0.3) is 0 Å². The summed E-state index contributed by atoms with van der Waals surface area (Å²) in [6.45, 7) is 0. The van der Waals surface area contributed by atoms with Crippen molar-refractivity contribution in [2.45, 2.75) is 37.8 Å². The average molecular weight is 360 g/mol. The number of hydrogen-bond acceptors (Lipinski definition) is 6. The lowest BCUT2D eigenvalue weighted by Crippen LogP contribution is -2.30. The fourth-order valence-electron chi connectivity index (χ4n) is 3.03. The lowest BCUT2D eigenvalue weighted by molar-refractivity contribution is 0.100. The molecule has 0 bridgehead atoms. The average Bonchev–Trinajstić information content (AvgIpc) is 3.07. The molecule has 0 unspecified atom stereocenters. The van der Waals surface area contributed by atoms with Crippen LogP contribution in [0.15, 0.2) is 28.5 Å². The summed E-state index contributed by atoms with van der Waals surface area (Å²) in [7, 11) is 0. The molecule has 2 heterocycles. The summed E-state index contributed by atoms with van der Waals surface area (Å²) in [5.74, 6) is -0.551. The maximum atomic E-state index is 12.3. The topological polar surface area (TPSA) is 132 Å². The first-order valence-corrected chi connectivity index (χ1v) is 8.97. The van der Waals surface area contributed by atoms with Gasteiger partial charge in [0.15, 0.2) is 0 Å². The molecule has 3 rings (SSSR count). The van der Waals surface area contributed by atoms with Gasteiger partial charge in [0.2, 0.25) is 0 Å². The molecule has 25 heavy (non-hydrogen) atoms. The van der Waals surface area contributed by atoms with Gasteiger partial charge in [-0.2, -0.15) is 0 Å². The number of aliphatic hydroxyl groups excluding tert-OH is 1. The minimum Gasteiger partial charge on any atom is -0.393 e. The molecule has 7 nitrogen and oxygen atoms in total. The van der Waals surface area contributed by atoms with E-state index in [2.05, 4.69) is 10.3 Å². The molecule has 8 heteroatoms. The van der Waals surface area contributed by atoms with Crippen molar-refractivity contribution in [3.05, 3.63) is 50.1 Å². The standard InChI is InChI=1S/C17H20N4O3S/c18-15(9-7-13(16(19)23)25-8-9)14-12(5-6-20-17(14)24)21-10-1-3-11(22)4-2-10/h5-8,10-11,18,22H,1-4H2,(H2,19,23)(H2,20,21,24)/t10-,11-. The molecule has 1 aliphatic rings. The van der Waals surface area contributed by atoms with Crippen molar-refractivity contribution in [2.24, 2.45) is 5.73 Å². The molecule has 1 fully saturated rings. The number of amides is 1. The molecule has 132 valence electrons. The van der Waals surface area contributed by atoms with Gasteiger partial charge >= 0.3 is 0 Å². The van der Waals surface area contributed by atoms with Gasteiger partial charge in [0, 0.05) is 23.2 Å². The van der Waals surface area contributed by atoms with Crippen LogP contribution >= 0.6 is 11.3 Å². The highest BCUT2D eigenvalue weighted by molar-refractivity contribution is 7.12. The minimum atomic E-state index is -0.551. The molecule has 6 N–H and O–H groups in total. The Morgan fingerprint density at radius 3 is 2.72 bits per heavy atom. The normalized spacial score (nSPS) is 20.2. The van der Waals surface area contributed by atoms with E-state index >= 15 is 0 Å². The number of H-pyrrole nitrogens is 1. The first-order chi connectivity index (χ1) is 12.0. The number of carbonyl (C=O) groups excluding carboxylic acids is 1. The highest BCUT2D eigenvalue weighted by Gasteiger charge is 2.22. The summed E-state index contributed by atoms with van der Waals surface area (Å²) < 4.78 is 0. The monoisotopic (exact) mass is 360 g/mol. The Bertz CT molecular complexity index is 850. The van der Waals surface area contributed by atoms with Crippen LogP contribution in [0.2, 0.25) is 0 Å². The SMILES string of the molecule is N=C(c1csc(C(N)=O)c1)c1c(N[C@H]2CC[C@H](O)CC2)cc[nH]c1=O. The zero-order valence-electron chi connectivity index (χ0n) is 13.5. The second kappa shape index (κ2) is 7.20. The van der Waals surface area contributed by atoms with Crippen LogP contribution in [-0.2, 0) is 0 Å². The maximum absolute atomic E-state index is 12.3. The van der Waals surface area contributed by atoms with Crippen LogP contribution in [0.3, 0.4) is 0 Å². The number of aromatic amines is 1. The summed E-state index contributed by atoms with van der Waals surface area (Å²) in [6, 6.07) is 3.42. The first-order valence-electron chi connectivity index (χ1n) is 8.09. The summed E-state index contributed by atoms with van der Waals surface area (Å²) in [6.07, 6.45) is 4.35. The molecule has 2 aromatic heterocycles. The largest absolute Gasteiger partial charge is 0.393 e. The Morgan fingerprint density at radius 1 is 1.36 bits per heavy atom. The van der Waals surface area contributed by atoms with Crippen molar-refractivity contribution in [1.29, 1.82) is 5.41 Å². The van der Waals surface area contributed by atoms with Crippen LogP contribution in [0.1, 0.15) is 46.5 Å². The number of thiophene rings is 1. The molecule has 1 amide bonds. The second-order valence-electron chi connectivity index (χ2n) is 6.18. The van der Waals surface area contributed by atoms with Crippen LogP contribution in [0, 0.1) is 5.41 Å². The van der Waals surface area contributed by atoms with Crippen molar-refractivity contribution >= 4 is 28.6 Å². The zero-order chi connectivity index (χ0) is 18.0. The van der Waals surface area contributed by atoms with Gasteiger partial charge < -0.3 is 21.1 Å². The molecule has 2 aromatic rings. The summed E-state index contributed by atoms with van der Waals surface area (Å²) in [5.41, 5.74) is 6.25. The first kappa shape index (κ1) is 17.4. The minimum absolute atomic E-state index is 0.0453. The third-order valence-electron chi connectivity index (χ3n) is 4.40. The van der Waals surface area contributed by atoms with Gasteiger partial charge in [-0.3, -0.25) is 15.0 Å². The lowest BCUT2D eigenvalue weighted by Gasteiger charge is -2.27. The number of hydrogen-bond donors (Lipinski definition) is 5.